The molecule has 1 heterocycles. The van der Waals surface area contributed by atoms with Crippen LogP contribution in [0, 0.1) is 0 Å². The van der Waals surface area contributed by atoms with E-state index in [1.54, 1.807) is 6.92 Å². The zero-order chi connectivity index (χ0) is 15.1. The van der Waals surface area contributed by atoms with Gasteiger partial charge < -0.3 is 15.2 Å². The Hall–Kier alpha value is -1.59. The molecule has 1 saturated heterocycles. The summed E-state index contributed by atoms with van der Waals surface area (Å²) in [5.41, 5.74) is 1.27. The second-order valence-electron chi connectivity index (χ2n) is 5.39. The van der Waals surface area contributed by atoms with Gasteiger partial charge in [0.25, 0.3) is 0 Å². The molecule has 0 aliphatic carbocycles. The van der Waals surface area contributed by atoms with Crippen LogP contribution in [0.25, 0.3) is 0 Å². The molecular formula is C16H24N2O3. The highest BCUT2D eigenvalue weighted by Gasteiger charge is 2.29. The maximum absolute atomic E-state index is 11.6. The van der Waals surface area contributed by atoms with Crippen LogP contribution in [0.15, 0.2) is 30.3 Å². The van der Waals surface area contributed by atoms with Crippen LogP contribution >= 0.6 is 0 Å². The van der Waals surface area contributed by atoms with Crippen LogP contribution in [-0.2, 0) is 4.74 Å². The predicted molar refractivity (Wildman–Crippen MR) is 81.3 cm³/mol. The average Bonchev–Trinajstić information content (AvgIpc) is 2.48. The molecule has 0 bridgehead atoms. The van der Waals surface area contributed by atoms with Gasteiger partial charge in [-0.05, 0) is 24.8 Å². The number of nitrogens with one attached hydrogen (secondary N) is 1. The van der Waals surface area contributed by atoms with Crippen molar-refractivity contribution in [1.82, 2.24) is 10.2 Å². The molecule has 5 nitrogen and oxygen atoms in total. The molecule has 1 fully saturated rings. The van der Waals surface area contributed by atoms with Crippen LogP contribution in [-0.4, -0.2) is 55.0 Å². The van der Waals surface area contributed by atoms with Gasteiger partial charge in [-0.25, -0.2) is 4.79 Å². The third-order valence-corrected chi connectivity index (χ3v) is 3.81. The first-order valence-electron chi connectivity index (χ1n) is 7.54. The first-order valence-corrected chi connectivity index (χ1v) is 7.54. The molecule has 2 unspecified atom stereocenters. The van der Waals surface area contributed by atoms with Crippen LogP contribution in [0.4, 0.5) is 4.79 Å². The Bertz CT molecular complexity index is 438. The van der Waals surface area contributed by atoms with Crippen LogP contribution in [0.2, 0.25) is 0 Å². The van der Waals surface area contributed by atoms with Crippen molar-refractivity contribution >= 4 is 6.09 Å². The van der Waals surface area contributed by atoms with E-state index in [0.29, 0.717) is 19.1 Å². The van der Waals surface area contributed by atoms with Crippen LogP contribution in [0.3, 0.4) is 0 Å². The highest BCUT2D eigenvalue weighted by Crippen LogP contribution is 2.26. The second kappa shape index (κ2) is 8.00. The lowest BCUT2D eigenvalue weighted by molar-refractivity contribution is 0.119. The summed E-state index contributed by atoms with van der Waals surface area (Å²) in [4.78, 5) is 13.8. The van der Waals surface area contributed by atoms with Crippen LogP contribution in [0.5, 0.6) is 0 Å². The number of hydrogen-bond acceptors (Lipinski definition) is 4. The Morgan fingerprint density at radius 3 is 2.81 bits per heavy atom. The van der Waals surface area contributed by atoms with E-state index in [0.717, 1.165) is 19.5 Å². The molecule has 2 rings (SSSR count). The lowest BCUT2D eigenvalue weighted by atomic mass is 9.88. The van der Waals surface area contributed by atoms with Crippen molar-refractivity contribution in [3.63, 3.8) is 0 Å². The molecule has 0 saturated carbocycles. The highest BCUT2D eigenvalue weighted by molar-refractivity contribution is 5.67. The van der Waals surface area contributed by atoms with Crippen molar-refractivity contribution in [2.24, 2.45) is 0 Å². The van der Waals surface area contributed by atoms with Crippen molar-refractivity contribution in [3.05, 3.63) is 35.9 Å². The van der Waals surface area contributed by atoms with Gasteiger partial charge in [-0.1, -0.05) is 30.3 Å². The fourth-order valence-electron chi connectivity index (χ4n) is 2.93. The Balaban J connectivity index is 2.03. The zero-order valence-corrected chi connectivity index (χ0v) is 12.5. The molecule has 1 aromatic carbocycles. The van der Waals surface area contributed by atoms with Gasteiger partial charge in [0.2, 0.25) is 0 Å². The summed E-state index contributed by atoms with van der Waals surface area (Å²) < 4.78 is 4.96. The van der Waals surface area contributed by atoms with Gasteiger partial charge in [0.1, 0.15) is 0 Å². The molecule has 116 valence electrons. The summed E-state index contributed by atoms with van der Waals surface area (Å²) in [6.07, 6.45) is 0.533. The van der Waals surface area contributed by atoms with Gasteiger partial charge in [0.15, 0.2) is 0 Å². The van der Waals surface area contributed by atoms with E-state index in [1.807, 2.05) is 18.2 Å². The van der Waals surface area contributed by atoms with Gasteiger partial charge in [-0.2, -0.15) is 0 Å². The van der Waals surface area contributed by atoms with Crippen molar-refractivity contribution in [3.8, 4) is 0 Å². The van der Waals surface area contributed by atoms with Gasteiger partial charge >= 0.3 is 6.09 Å². The minimum Gasteiger partial charge on any atom is -0.450 e. The highest BCUT2D eigenvalue weighted by atomic mass is 16.5. The van der Waals surface area contributed by atoms with Crippen molar-refractivity contribution in [2.75, 3.05) is 32.8 Å². The number of likely N-dealkylation sites (tertiary alicyclic amines) is 1. The third kappa shape index (κ3) is 4.72. The number of aliphatic hydroxyl groups excluding tert-OH is 1. The van der Waals surface area contributed by atoms with Crippen molar-refractivity contribution < 1.29 is 14.6 Å². The number of ether oxygens (including phenoxy) is 1. The summed E-state index contributed by atoms with van der Waals surface area (Å²) in [5, 5.41) is 12.1. The lowest BCUT2D eigenvalue weighted by Gasteiger charge is -2.37. The third-order valence-electron chi connectivity index (χ3n) is 3.81. The molecule has 2 N–H and O–H groups in total. The Morgan fingerprint density at radius 1 is 1.38 bits per heavy atom. The van der Waals surface area contributed by atoms with Gasteiger partial charge in [-0.3, -0.25) is 4.90 Å². The zero-order valence-electron chi connectivity index (χ0n) is 12.5. The Kier molecular flexibility index (Phi) is 6.02. The minimum absolute atomic E-state index is 0.0505. The van der Waals surface area contributed by atoms with E-state index >= 15 is 0 Å². The van der Waals surface area contributed by atoms with E-state index < -0.39 is 0 Å². The average molecular weight is 292 g/mol. The molecule has 1 aliphatic rings. The quantitative estimate of drug-likeness (QED) is 0.865. The fourth-order valence-corrected chi connectivity index (χ4v) is 2.93. The molecule has 5 heteroatoms. The van der Waals surface area contributed by atoms with E-state index in [4.69, 9.17) is 4.74 Å². The molecule has 1 aromatic rings. The molecule has 1 amide bonds. The molecule has 1 aliphatic heterocycles. The first-order chi connectivity index (χ1) is 10.2. The summed E-state index contributed by atoms with van der Waals surface area (Å²) in [7, 11) is 0. The standard InChI is InChI=1S/C16H24N2O3/c1-2-21-16(20)17-15-10-14(11-18(12-15)8-9-19)13-6-4-3-5-7-13/h3-7,14-15,19H,2,8-12H2,1H3,(H,17,20). The summed E-state index contributed by atoms with van der Waals surface area (Å²) in [6.45, 7) is 4.60. The normalized spacial score (nSPS) is 22.8. The number of benzene rings is 1. The number of amides is 1. The molecule has 21 heavy (non-hydrogen) atoms. The number of nitrogens with zero attached hydrogens (tertiary/aromatic N) is 1. The number of β-amino-alcohol motifs (C(OH)–C–C–N with tert-alkyl or cyclic N) is 1. The summed E-state index contributed by atoms with van der Waals surface area (Å²) >= 11 is 0. The number of rotatable bonds is 5. The summed E-state index contributed by atoms with van der Waals surface area (Å²) in [6, 6.07) is 10.4. The largest absolute Gasteiger partial charge is 0.450 e. The molecule has 0 aromatic heterocycles. The Labute approximate surface area is 125 Å². The van der Waals surface area contributed by atoms with Crippen LogP contribution in [0.1, 0.15) is 24.8 Å². The van der Waals surface area contributed by atoms with Gasteiger partial charge in [0.05, 0.1) is 13.2 Å². The topological polar surface area (TPSA) is 61.8 Å². The smallest absolute Gasteiger partial charge is 0.407 e. The number of hydrogen-bond donors (Lipinski definition) is 2. The number of carbonyl (C=O) groups excluding carboxylic acids is 1. The number of piperidine rings is 1. The summed E-state index contributed by atoms with van der Waals surface area (Å²) in [5.74, 6) is 0.360. The molecule has 2 atom stereocenters. The maximum atomic E-state index is 11.6. The van der Waals surface area contributed by atoms with E-state index in [-0.39, 0.29) is 18.7 Å². The van der Waals surface area contributed by atoms with Crippen molar-refractivity contribution in [2.45, 2.75) is 25.3 Å². The second-order valence-corrected chi connectivity index (χ2v) is 5.39. The maximum Gasteiger partial charge on any atom is 0.407 e. The number of carbonyl (C=O) groups is 1. The lowest BCUT2D eigenvalue weighted by Crippen LogP contribution is -2.50. The number of aliphatic hydroxyl groups is 1. The van der Waals surface area contributed by atoms with Crippen molar-refractivity contribution in [1.29, 1.82) is 0 Å². The SMILES string of the molecule is CCOC(=O)NC1CC(c2ccccc2)CN(CCO)C1. The van der Waals surface area contributed by atoms with Crippen LogP contribution < -0.4 is 5.32 Å². The fraction of sp³-hybridized carbons (Fsp3) is 0.562. The van der Waals surface area contributed by atoms with Gasteiger partial charge in [-0.15, -0.1) is 0 Å². The Morgan fingerprint density at radius 2 is 2.14 bits per heavy atom. The molecule has 0 spiro atoms. The monoisotopic (exact) mass is 292 g/mol. The van der Waals surface area contributed by atoms with Gasteiger partial charge in [0, 0.05) is 25.7 Å². The predicted octanol–water partition coefficient (Wildman–Crippen LogP) is 1.58. The minimum atomic E-state index is -0.361. The molecular weight excluding hydrogens is 268 g/mol. The van der Waals surface area contributed by atoms with E-state index in [2.05, 4.69) is 22.3 Å². The van der Waals surface area contributed by atoms with E-state index in [9.17, 15) is 9.90 Å². The number of alkyl carbamates (subject to hydrolysis) is 1. The van der Waals surface area contributed by atoms with E-state index in [1.165, 1.54) is 5.56 Å². The molecule has 0 radical (unpaired) electrons. The first kappa shape index (κ1) is 15.8.